The number of nitriles is 1. The summed E-state index contributed by atoms with van der Waals surface area (Å²) >= 11 is 0. The molecule has 1 rings (SSSR count). The van der Waals surface area contributed by atoms with Crippen LogP contribution in [0.1, 0.15) is 5.69 Å². The van der Waals surface area contributed by atoms with Gasteiger partial charge >= 0.3 is 0 Å². The molecular formula is C6H8N4. The van der Waals surface area contributed by atoms with Crippen LogP contribution in [0.5, 0.6) is 0 Å². The van der Waals surface area contributed by atoms with Gasteiger partial charge in [0.05, 0.1) is 12.2 Å². The molecule has 4 heteroatoms. The number of rotatable bonds is 2. The van der Waals surface area contributed by atoms with E-state index in [4.69, 9.17) is 5.26 Å². The largest absolute Gasteiger partial charge is 0.318 e. The predicted octanol–water partition coefficient (Wildman–Crippen LogP) is -0.00922. The SMILES string of the molecule is Cn1nccc1CNC#N. The van der Waals surface area contributed by atoms with Crippen LogP contribution in [0.4, 0.5) is 0 Å². The second-order valence-corrected chi connectivity index (χ2v) is 1.91. The Hall–Kier alpha value is -1.50. The summed E-state index contributed by atoms with van der Waals surface area (Å²) in [4.78, 5) is 0. The van der Waals surface area contributed by atoms with Crippen LogP contribution >= 0.6 is 0 Å². The van der Waals surface area contributed by atoms with Gasteiger partial charge in [-0.25, -0.2) is 0 Å². The third-order valence-corrected chi connectivity index (χ3v) is 1.27. The van der Waals surface area contributed by atoms with E-state index in [2.05, 4.69) is 10.4 Å². The van der Waals surface area contributed by atoms with Crippen molar-refractivity contribution in [2.75, 3.05) is 0 Å². The predicted molar refractivity (Wildman–Crippen MR) is 35.7 cm³/mol. The van der Waals surface area contributed by atoms with E-state index in [1.807, 2.05) is 19.3 Å². The number of aryl methyl sites for hydroxylation is 1. The number of aromatic nitrogens is 2. The standard InChI is InChI=1S/C6H8N4/c1-10-6(2-3-9-10)4-8-5-7/h2-3,8H,4H2,1H3. The molecule has 0 saturated heterocycles. The molecule has 1 N–H and O–H groups in total. The van der Waals surface area contributed by atoms with Crippen molar-refractivity contribution < 1.29 is 0 Å². The van der Waals surface area contributed by atoms with Crippen LogP contribution in [-0.4, -0.2) is 9.78 Å². The molecule has 10 heavy (non-hydrogen) atoms. The molecule has 0 amide bonds. The highest BCUT2D eigenvalue weighted by Crippen LogP contribution is 1.93. The molecule has 0 saturated carbocycles. The van der Waals surface area contributed by atoms with Crippen molar-refractivity contribution in [3.63, 3.8) is 0 Å². The van der Waals surface area contributed by atoms with Crippen molar-refractivity contribution in [3.8, 4) is 6.19 Å². The second kappa shape index (κ2) is 2.87. The quantitative estimate of drug-likeness (QED) is 0.459. The molecule has 0 bridgehead atoms. The molecule has 0 aliphatic carbocycles. The van der Waals surface area contributed by atoms with E-state index >= 15 is 0 Å². The normalized spacial score (nSPS) is 8.80. The maximum atomic E-state index is 8.17. The monoisotopic (exact) mass is 136 g/mol. The van der Waals surface area contributed by atoms with Gasteiger partial charge in [0, 0.05) is 13.2 Å². The van der Waals surface area contributed by atoms with Gasteiger partial charge in [0.1, 0.15) is 0 Å². The Morgan fingerprint density at radius 2 is 2.70 bits per heavy atom. The molecule has 4 nitrogen and oxygen atoms in total. The number of hydrogen-bond acceptors (Lipinski definition) is 3. The summed E-state index contributed by atoms with van der Waals surface area (Å²) in [7, 11) is 1.84. The zero-order valence-corrected chi connectivity index (χ0v) is 5.70. The van der Waals surface area contributed by atoms with Crippen LogP contribution in [0.3, 0.4) is 0 Å². The minimum Gasteiger partial charge on any atom is -0.318 e. The van der Waals surface area contributed by atoms with Crippen LogP contribution in [0.15, 0.2) is 12.3 Å². The van der Waals surface area contributed by atoms with Crippen LogP contribution < -0.4 is 5.32 Å². The lowest BCUT2D eigenvalue weighted by molar-refractivity contribution is 0.688. The number of hydrogen-bond donors (Lipinski definition) is 1. The maximum Gasteiger partial charge on any atom is 0.176 e. The van der Waals surface area contributed by atoms with Gasteiger partial charge in [-0.15, -0.1) is 0 Å². The van der Waals surface area contributed by atoms with E-state index in [9.17, 15) is 0 Å². The highest BCUT2D eigenvalue weighted by molar-refractivity contribution is 4.99. The van der Waals surface area contributed by atoms with Crippen LogP contribution in [0.2, 0.25) is 0 Å². The second-order valence-electron chi connectivity index (χ2n) is 1.91. The van der Waals surface area contributed by atoms with Crippen molar-refractivity contribution in [2.24, 2.45) is 7.05 Å². The third kappa shape index (κ3) is 1.26. The topological polar surface area (TPSA) is 53.6 Å². The first-order chi connectivity index (χ1) is 4.84. The summed E-state index contributed by atoms with van der Waals surface area (Å²) in [6.45, 7) is 0.549. The molecule has 1 aromatic heterocycles. The van der Waals surface area contributed by atoms with Gasteiger partial charge in [0.2, 0.25) is 0 Å². The summed E-state index contributed by atoms with van der Waals surface area (Å²) in [6.07, 6.45) is 3.54. The van der Waals surface area contributed by atoms with Crippen molar-refractivity contribution in [3.05, 3.63) is 18.0 Å². The number of nitrogens with zero attached hydrogens (tertiary/aromatic N) is 3. The zero-order chi connectivity index (χ0) is 7.40. The maximum absolute atomic E-state index is 8.17. The minimum atomic E-state index is 0.549. The average Bonchev–Trinajstić information content (AvgIpc) is 2.31. The fourth-order valence-electron chi connectivity index (χ4n) is 0.705. The third-order valence-electron chi connectivity index (χ3n) is 1.27. The van der Waals surface area contributed by atoms with Gasteiger partial charge in [-0.05, 0) is 6.07 Å². The number of nitrogens with one attached hydrogen (secondary N) is 1. The Kier molecular flexibility index (Phi) is 1.90. The van der Waals surface area contributed by atoms with Crippen LogP contribution in [0, 0.1) is 11.5 Å². The van der Waals surface area contributed by atoms with E-state index in [1.165, 1.54) is 0 Å². The molecule has 0 unspecified atom stereocenters. The van der Waals surface area contributed by atoms with Gasteiger partial charge in [0.15, 0.2) is 6.19 Å². The molecule has 0 aliphatic rings. The lowest BCUT2D eigenvalue weighted by Crippen LogP contribution is -2.08. The molecule has 0 spiro atoms. The molecule has 0 aliphatic heterocycles. The minimum absolute atomic E-state index is 0.549. The van der Waals surface area contributed by atoms with Crippen molar-refractivity contribution in [1.82, 2.24) is 15.1 Å². The first-order valence-corrected chi connectivity index (χ1v) is 2.93. The summed E-state index contributed by atoms with van der Waals surface area (Å²) in [5, 5.41) is 14.6. The smallest absolute Gasteiger partial charge is 0.176 e. The first kappa shape index (κ1) is 6.62. The Balaban J connectivity index is 2.59. The average molecular weight is 136 g/mol. The molecule has 0 fully saturated rings. The molecule has 0 radical (unpaired) electrons. The van der Waals surface area contributed by atoms with E-state index in [0.29, 0.717) is 6.54 Å². The zero-order valence-electron chi connectivity index (χ0n) is 5.70. The fraction of sp³-hybridized carbons (Fsp3) is 0.333. The Labute approximate surface area is 59.1 Å². The Morgan fingerprint density at radius 3 is 3.20 bits per heavy atom. The van der Waals surface area contributed by atoms with Crippen molar-refractivity contribution in [2.45, 2.75) is 6.54 Å². The van der Waals surface area contributed by atoms with Crippen LogP contribution in [0.25, 0.3) is 0 Å². The molecular weight excluding hydrogens is 128 g/mol. The molecule has 0 atom stereocenters. The van der Waals surface area contributed by atoms with Gasteiger partial charge in [-0.3, -0.25) is 4.68 Å². The molecule has 0 aromatic carbocycles. The Bertz CT molecular complexity index is 244. The molecule has 1 aromatic rings. The Morgan fingerprint density at radius 1 is 1.90 bits per heavy atom. The summed E-state index contributed by atoms with van der Waals surface area (Å²) < 4.78 is 1.73. The summed E-state index contributed by atoms with van der Waals surface area (Å²) in [5.41, 5.74) is 1.00. The lowest BCUT2D eigenvalue weighted by atomic mass is 10.4. The first-order valence-electron chi connectivity index (χ1n) is 2.93. The lowest BCUT2D eigenvalue weighted by Gasteiger charge is -1.96. The van der Waals surface area contributed by atoms with Gasteiger partial charge in [-0.1, -0.05) is 0 Å². The van der Waals surface area contributed by atoms with E-state index in [0.717, 1.165) is 5.69 Å². The summed E-state index contributed by atoms with van der Waals surface area (Å²) in [6, 6.07) is 1.87. The van der Waals surface area contributed by atoms with Gasteiger partial charge in [-0.2, -0.15) is 10.4 Å². The van der Waals surface area contributed by atoms with Gasteiger partial charge < -0.3 is 5.32 Å². The van der Waals surface area contributed by atoms with Crippen molar-refractivity contribution in [1.29, 1.82) is 5.26 Å². The van der Waals surface area contributed by atoms with E-state index < -0.39 is 0 Å². The van der Waals surface area contributed by atoms with Crippen molar-refractivity contribution >= 4 is 0 Å². The highest BCUT2D eigenvalue weighted by atomic mass is 15.3. The highest BCUT2D eigenvalue weighted by Gasteiger charge is 1.94. The van der Waals surface area contributed by atoms with Crippen LogP contribution in [-0.2, 0) is 13.6 Å². The molecule has 52 valence electrons. The van der Waals surface area contributed by atoms with E-state index in [-0.39, 0.29) is 0 Å². The van der Waals surface area contributed by atoms with Gasteiger partial charge in [0.25, 0.3) is 0 Å². The molecule has 1 heterocycles. The fourth-order valence-corrected chi connectivity index (χ4v) is 0.705. The summed E-state index contributed by atoms with van der Waals surface area (Å²) in [5.74, 6) is 0. The van der Waals surface area contributed by atoms with E-state index in [1.54, 1.807) is 10.9 Å².